The largest absolute Gasteiger partial charge is 0.378 e. The first-order valence-corrected chi connectivity index (χ1v) is 5.14. The lowest BCUT2D eigenvalue weighted by atomic mass is 10.0. The van der Waals surface area contributed by atoms with Gasteiger partial charge in [0.05, 0.1) is 18.8 Å². The molecule has 0 radical (unpaired) electrons. The van der Waals surface area contributed by atoms with Gasteiger partial charge in [-0.2, -0.15) is 0 Å². The van der Waals surface area contributed by atoms with Crippen molar-refractivity contribution in [2.75, 3.05) is 26.3 Å². The average Bonchev–Trinajstić information content (AvgIpc) is 2.18. The highest BCUT2D eigenvalue weighted by Gasteiger charge is 2.22. The molecular weight excluding hydrogens is 192 g/mol. The van der Waals surface area contributed by atoms with Crippen LogP contribution in [0.4, 0.5) is 0 Å². The molecule has 15 heavy (non-hydrogen) atoms. The SMILES string of the molecule is CC(=N)C(C(=O)N1CCOCC1)=C(C)C. The number of ether oxygens (including phenoxy) is 1. The van der Waals surface area contributed by atoms with Crippen molar-refractivity contribution in [3.63, 3.8) is 0 Å². The molecular formula is C11H18N2O2. The van der Waals surface area contributed by atoms with Crippen LogP contribution in [0.25, 0.3) is 0 Å². The standard InChI is InChI=1S/C11H18N2O2/c1-8(2)10(9(3)12)11(14)13-4-6-15-7-5-13/h12H,4-7H2,1-3H3. The Bertz CT molecular complexity index is 298. The van der Waals surface area contributed by atoms with Crippen molar-refractivity contribution in [2.45, 2.75) is 20.8 Å². The zero-order chi connectivity index (χ0) is 11.4. The van der Waals surface area contributed by atoms with Crippen molar-refractivity contribution in [3.8, 4) is 0 Å². The Morgan fingerprint density at radius 3 is 2.13 bits per heavy atom. The molecule has 0 spiro atoms. The van der Waals surface area contributed by atoms with E-state index in [1.807, 2.05) is 13.8 Å². The number of morpholine rings is 1. The molecule has 1 saturated heterocycles. The van der Waals surface area contributed by atoms with Gasteiger partial charge < -0.3 is 15.0 Å². The van der Waals surface area contributed by atoms with E-state index in [1.54, 1.807) is 11.8 Å². The van der Waals surface area contributed by atoms with E-state index in [-0.39, 0.29) is 5.91 Å². The second-order valence-corrected chi connectivity index (χ2v) is 3.90. The van der Waals surface area contributed by atoms with Gasteiger partial charge in [-0.3, -0.25) is 4.79 Å². The highest BCUT2D eigenvalue weighted by atomic mass is 16.5. The van der Waals surface area contributed by atoms with Crippen molar-refractivity contribution in [2.24, 2.45) is 0 Å². The molecule has 1 amide bonds. The van der Waals surface area contributed by atoms with Crippen LogP contribution in [0.3, 0.4) is 0 Å². The fourth-order valence-electron chi connectivity index (χ4n) is 1.67. The second-order valence-electron chi connectivity index (χ2n) is 3.90. The van der Waals surface area contributed by atoms with E-state index in [0.717, 1.165) is 5.57 Å². The van der Waals surface area contributed by atoms with Gasteiger partial charge in [0.25, 0.3) is 5.91 Å². The molecule has 1 aliphatic heterocycles. The van der Waals surface area contributed by atoms with Crippen molar-refractivity contribution in [1.82, 2.24) is 4.90 Å². The molecule has 4 nitrogen and oxygen atoms in total. The molecule has 4 heteroatoms. The molecule has 1 N–H and O–H groups in total. The number of amides is 1. The molecule has 1 fully saturated rings. The Balaban J connectivity index is 2.81. The summed E-state index contributed by atoms with van der Waals surface area (Å²) in [7, 11) is 0. The summed E-state index contributed by atoms with van der Waals surface area (Å²) >= 11 is 0. The molecule has 0 unspecified atom stereocenters. The van der Waals surface area contributed by atoms with Gasteiger partial charge in [-0.15, -0.1) is 0 Å². The molecule has 0 aromatic rings. The fourth-order valence-corrected chi connectivity index (χ4v) is 1.67. The van der Waals surface area contributed by atoms with Gasteiger partial charge in [0.15, 0.2) is 0 Å². The third-order valence-corrected chi connectivity index (χ3v) is 2.39. The maximum atomic E-state index is 12.1. The van der Waals surface area contributed by atoms with E-state index in [9.17, 15) is 4.79 Å². The quantitative estimate of drug-likeness (QED) is 0.550. The van der Waals surface area contributed by atoms with Crippen LogP contribution >= 0.6 is 0 Å². The minimum Gasteiger partial charge on any atom is -0.378 e. The highest BCUT2D eigenvalue weighted by Crippen LogP contribution is 2.11. The van der Waals surface area contributed by atoms with Crippen LogP contribution < -0.4 is 0 Å². The summed E-state index contributed by atoms with van der Waals surface area (Å²) in [6, 6.07) is 0. The summed E-state index contributed by atoms with van der Waals surface area (Å²) in [5, 5.41) is 7.59. The first kappa shape index (κ1) is 11.9. The van der Waals surface area contributed by atoms with Gasteiger partial charge in [-0.25, -0.2) is 0 Å². The van der Waals surface area contributed by atoms with Crippen molar-refractivity contribution in [3.05, 3.63) is 11.1 Å². The fraction of sp³-hybridized carbons (Fsp3) is 0.636. The molecule has 0 aliphatic carbocycles. The van der Waals surface area contributed by atoms with Crippen molar-refractivity contribution < 1.29 is 9.53 Å². The lowest BCUT2D eigenvalue weighted by molar-refractivity contribution is -0.130. The summed E-state index contributed by atoms with van der Waals surface area (Å²) in [5.41, 5.74) is 1.78. The van der Waals surface area contributed by atoms with E-state index in [4.69, 9.17) is 10.1 Å². The predicted molar refractivity (Wildman–Crippen MR) is 59.2 cm³/mol. The summed E-state index contributed by atoms with van der Waals surface area (Å²) in [6.07, 6.45) is 0. The average molecular weight is 210 g/mol. The van der Waals surface area contributed by atoms with Crippen LogP contribution in [0, 0.1) is 5.41 Å². The molecule has 1 heterocycles. The number of nitrogens with zero attached hydrogens (tertiary/aromatic N) is 1. The van der Waals surface area contributed by atoms with Crippen LogP contribution in [-0.2, 0) is 9.53 Å². The summed E-state index contributed by atoms with van der Waals surface area (Å²) < 4.78 is 5.19. The smallest absolute Gasteiger partial charge is 0.255 e. The summed E-state index contributed by atoms with van der Waals surface area (Å²) in [5.74, 6) is -0.0363. The van der Waals surface area contributed by atoms with E-state index >= 15 is 0 Å². The van der Waals surface area contributed by atoms with E-state index in [1.165, 1.54) is 0 Å². The molecule has 1 aliphatic rings. The zero-order valence-electron chi connectivity index (χ0n) is 9.59. The molecule has 0 atom stereocenters. The van der Waals surface area contributed by atoms with Crippen LogP contribution in [0.2, 0.25) is 0 Å². The highest BCUT2D eigenvalue weighted by molar-refractivity contribution is 6.20. The first-order valence-electron chi connectivity index (χ1n) is 5.14. The molecule has 0 aromatic carbocycles. The number of allylic oxidation sites excluding steroid dienone is 1. The summed E-state index contributed by atoms with van der Waals surface area (Å²) in [6.45, 7) is 7.83. The number of carbonyl (C=O) groups excluding carboxylic acids is 1. The van der Waals surface area contributed by atoms with Gasteiger partial charge in [-0.1, -0.05) is 5.57 Å². The van der Waals surface area contributed by atoms with E-state index in [2.05, 4.69) is 0 Å². The molecule has 84 valence electrons. The van der Waals surface area contributed by atoms with Crippen molar-refractivity contribution >= 4 is 11.6 Å². The zero-order valence-corrected chi connectivity index (χ0v) is 9.59. The van der Waals surface area contributed by atoms with Crippen LogP contribution in [0.1, 0.15) is 20.8 Å². The first-order chi connectivity index (χ1) is 7.04. The third-order valence-electron chi connectivity index (χ3n) is 2.39. The topological polar surface area (TPSA) is 53.4 Å². The molecule has 0 bridgehead atoms. The lowest BCUT2D eigenvalue weighted by Crippen LogP contribution is -2.42. The molecule has 0 saturated carbocycles. The molecule has 1 rings (SSSR count). The Labute approximate surface area is 90.4 Å². The van der Waals surface area contributed by atoms with Gasteiger partial charge in [0, 0.05) is 18.8 Å². The minimum atomic E-state index is -0.0363. The number of hydrogen-bond donors (Lipinski definition) is 1. The Morgan fingerprint density at radius 2 is 1.73 bits per heavy atom. The van der Waals surface area contributed by atoms with Gasteiger partial charge in [0.2, 0.25) is 0 Å². The Morgan fingerprint density at radius 1 is 1.20 bits per heavy atom. The van der Waals surface area contributed by atoms with Crippen LogP contribution in [-0.4, -0.2) is 42.8 Å². The number of carbonyl (C=O) groups is 1. The van der Waals surface area contributed by atoms with Crippen LogP contribution in [0.5, 0.6) is 0 Å². The predicted octanol–water partition coefficient (Wildman–Crippen LogP) is 1.22. The maximum Gasteiger partial charge on any atom is 0.255 e. The number of hydrogen-bond acceptors (Lipinski definition) is 3. The second kappa shape index (κ2) is 5.07. The van der Waals surface area contributed by atoms with Gasteiger partial charge >= 0.3 is 0 Å². The molecule has 0 aromatic heterocycles. The van der Waals surface area contributed by atoms with E-state index < -0.39 is 0 Å². The monoisotopic (exact) mass is 210 g/mol. The minimum absolute atomic E-state index is 0.0363. The Hall–Kier alpha value is -1.16. The number of nitrogens with one attached hydrogen (secondary N) is 1. The Kier molecular flexibility index (Phi) is 4.03. The van der Waals surface area contributed by atoms with Gasteiger partial charge in [0.1, 0.15) is 0 Å². The van der Waals surface area contributed by atoms with Crippen molar-refractivity contribution in [1.29, 1.82) is 5.41 Å². The maximum absolute atomic E-state index is 12.1. The number of rotatable bonds is 2. The third kappa shape index (κ3) is 2.89. The van der Waals surface area contributed by atoms with Crippen LogP contribution in [0.15, 0.2) is 11.1 Å². The normalized spacial score (nSPS) is 16.1. The van der Waals surface area contributed by atoms with Gasteiger partial charge in [-0.05, 0) is 20.8 Å². The lowest BCUT2D eigenvalue weighted by Gasteiger charge is -2.28. The summed E-state index contributed by atoms with van der Waals surface area (Å²) in [4.78, 5) is 13.8. The van der Waals surface area contributed by atoms with E-state index in [0.29, 0.717) is 37.6 Å².